The van der Waals surface area contributed by atoms with Crippen LogP contribution >= 0.6 is 0 Å². The summed E-state index contributed by atoms with van der Waals surface area (Å²) in [5, 5.41) is 16.6. The fourth-order valence-electron chi connectivity index (χ4n) is 2.45. The standard InChI is InChI=1S/C15H22N4O3/c16-15(17)19(7-1-6-18-8-10-22-11-9-18)13-4-2-12(3-5-13)14(20)21/h2-5H,1,6-11H2,(H3,16,17)(H,20,21). The Bertz CT molecular complexity index is 512. The molecule has 0 aliphatic carbocycles. The van der Waals surface area contributed by atoms with Gasteiger partial charge in [-0.3, -0.25) is 10.3 Å². The highest BCUT2D eigenvalue weighted by Crippen LogP contribution is 2.15. The second-order valence-corrected chi connectivity index (χ2v) is 5.20. The van der Waals surface area contributed by atoms with Crippen LogP contribution in [0.5, 0.6) is 0 Å². The highest BCUT2D eigenvalue weighted by molar-refractivity contribution is 5.93. The molecule has 0 radical (unpaired) electrons. The average molecular weight is 306 g/mol. The van der Waals surface area contributed by atoms with Gasteiger partial charge in [0.2, 0.25) is 0 Å². The zero-order valence-electron chi connectivity index (χ0n) is 12.5. The number of carboxylic acids is 1. The molecule has 1 fully saturated rings. The molecule has 0 amide bonds. The lowest BCUT2D eigenvalue weighted by atomic mass is 10.2. The van der Waals surface area contributed by atoms with Gasteiger partial charge in [-0.05, 0) is 30.7 Å². The van der Waals surface area contributed by atoms with Gasteiger partial charge in [-0.15, -0.1) is 0 Å². The van der Waals surface area contributed by atoms with Crippen molar-refractivity contribution in [3.05, 3.63) is 29.8 Å². The minimum absolute atomic E-state index is 0.0370. The predicted molar refractivity (Wildman–Crippen MR) is 84.5 cm³/mol. The van der Waals surface area contributed by atoms with Gasteiger partial charge in [0.25, 0.3) is 0 Å². The molecule has 7 nitrogen and oxygen atoms in total. The number of morpholine rings is 1. The molecule has 0 aromatic heterocycles. The van der Waals surface area contributed by atoms with Crippen molar-refractivity contribution < 1.29 is 14.6 Å². The minimum atomic E-state index is -0.965. The minimum Gasteiger partial charge on any atom is -0.478 e. The first-order valence-electron chi connectivity index (χ1n) is 7.33. The van der Waals surface area contributed by atoms with E-state index >= 15 is 0 Å². The van der Waals surface area contributed by atoms with Gasteiger partial charge in [-0.1, -0.05) is 0 Å². The molecule has 1 aromatic carbocycles. The maximum Gasteiger partial charge on any atom is 0.335 e. The van der Waals surface area contributed by atoms with Crippen LogP contribution < -0.4 is 10.6 Å². The first-order valence-corrected chi connectivity index (χ1v) is 7.33. The molecule has 4 N–H and O–H groups in total. The molecule has 1 aliphatic heterocycles. The van der Waals surface area contributed by atoms with E-state index < -0.39 is 5.97 Å². The van der Waals surface area contributed by atoms with E-state index in [2.05, 4.69) is 4.90 Å². The van der Waals surface area contributed by atoms with E-state index in [4.69, 9.17) is 21.0 Å². The number of benzene rings is 1. The van der Waals surface area contributed by atoms with Crippen LogP contribution in [0.4, 0.5) is 5.69 Å². The molecule has 0 saturated carbocycles. The van der Waals surface area contributed by atoms with Crippen molar-refractivity contribution in [1.82, 2.24) is 4.90 Å². The molecule has 1 aliphatic rings. The van der Waals surface area contributed by atoms with Crippen molar-refractivity contribution >= 4 is 17.6 Å². The van der Waals surface area contributed by atoms with E-state index in [-0.39, 0.29) is 11.5 Å². The molecule has 1 saturated heterocycles. The van der Waals surface area contributed by atoms with Gasteiger partial charge in [0.1, 0.15) is 0 Å². The van der Waals surface area contributed by atoms with Crippen molar-refractivity contribution in [1.29, 1.82) is 5.41 Å². The number of carbonyl (C=O) groups is 1. The van der Waals surface area contributed by atoms with Crippen LogP contribution in [0.25, 0.3) is 0 Å². The van der Waals surface area contributed by atoms with Crippen LogP contribution in [-0.2, 0) is 4.74 Å². The Morgan fingerprint density at radius 2 is 1.95 bits per heavy atom. The van der Waals surface area contributed by atoms with E-state index in [1.54, 1.807) is 17.0 Å². The molecule has 120 valence electrons. The maximum atomic E-state index is 10.9. The molecule has 0 atom stereocenters. The molecular formula is C15H22N4O3. The lowest BCUT2D eigenvalue weighted by Crippen LogP contribution is -2.41. The third-order valence-corrected chi connectivity index (χ3v) is 3.68. The van der Waals surface area contributed by atoms with Crippen LogP contribution in [0.1, 0.15) is 16.8 Å². The van der Waals surface area contributed by atoms with E-state index in [0.29, 0.717) is 6.54 Å². The number of ether oxygens (including phenoxy) is 1. The number of anilines is 1. The lowest BCUT2D eigenvalue weighted by molar-refractivity contribution is 0.0377. The molecule has 0 spiro atoms. The molecule has 7 heteroatoms. The fourth-order valence-corrected chi connectivity index (χ4v) is 2.45. The Kier molecular flexibility index (Phi) is 5.74. The summed E-state index contributed by atoms with van der Waals surface area (Å²) in [6.45, 7) is 4.97. The van der Waals surface area contributed by atoms with Gasteiger partial charge in [0.15, 0.2) is 5.96 Å². The third-order valence-electron chi connectivity index (χ3n) is 3.68. The molecule has 22 heavy (non-hydrogen) atoms. The fraction of sp³-hybridized carbons (Fsp3) is 0.467. The largest absolute Gasteiger partial charge is 0.478 e. The van der Waals surface area contributed by atoms with Gasteiger partial charge in [-0.25, -0.2) is 4.79 Å². The van der Waals surface area contributed by atoms with Crippen LogP contribution in [-0.4, -0.2) is 61.3 Å². The summed E-state index contributed by atoms with van der Waals surface area (Å²) in [7, 11) is 0. The lowest BCUT2D eigenvalue weighted by Gasteiger charge is -2.28. The van der Waals surface area contributed by atoms with E-state index in [9.17, 15) is 4.79 Å². The summed E-state index contributed by atoms with van der Waals surface area (Å²) >= 11 is 0. The predicted octanol–water partition coefficient (Wildman–Crippen LogP) is 0.807. The Morgan fingerprint density at radius 1 is 1.32 bits per heavy atom. The zero-order valence-corrected chi connectivity index (χ0v) is 12.5. The number of hydrogen-bond donors (Lipinski definition) is 3. The van der Waals surface area contributed by atoms with Crippen LogP contribution in [0.2, 0.25) is 0 Å². The molecule has 2 rings (SSSR count). The van der Waals surface area contributed by atoms with Gasteiger partial charge in [0, 0.05) is 31.9 Å². The van der Waals surface area contributed by atoms with Gasteiger partial charge < -0.3 is 20.5 Å². The zero-order chi connectivity index (χ0) is 15.9. The number of guanidine groups is 1. The highest BCUT2D eigenvalue weighted by Gasteiger charge is 2.13. The third kappa shape index (κ3) is 4.44. The number of nitrogens with zero attached hydrogens (tertiary/aromatic N) is 2. The quantitative estimate of drug-likeness (QED) is 0.531. The molecule has 1 heterocycles. The van der Waals surface area contributed by atoms with Crippen molar-refractivity contribution in [3.8, 4) is 0 Å². The van der Waals surface area contributed by atoms with Crippen molar-refractivity contribution in [3.63, 3.8) is 0 Å². The van der Waals surface area contributed by atoms with Crippen molar-refractivity contribution in [2.75, 3.05) is 44.3 Å². The Balaban J connectivity index is 1.91. The summed E-state index contributed by atoms with van der Waals surface area (Å²) in [6, 6.07) is 6.41. The first-order chi connectivity index (χ1) is 10.6. The summed E-state index contributed by atoms with van der Waals surface area (Å²) in [5.74, 6) is -1.00. The maximum absolute atomic E-state index is 10.9. The SMILES string of the molecule is N=C(N)N(CCCN1CCOCC1)c1ccc(C(=O)O)cc1. The molecule has 0 unspecified atom stereocenters. The Hall–Kier alpha value is -2.12. The van der Waals surface area contributed by atoms with E-state index in [0.717, 1.165) is 45.0 Å². The number of nitrogens with one attached hydrogen (secondary N) is 1. The summed E-state index contributed by atoms with van der Waals surface area (Å²) < 4.78 is 5.31. The number of carboxylic acid groups (broad SMARTS) is 1. The summed E-state index contributed by atoms with van der Waals surface area (Å²) in [4.78, 5) is 14.9. The van der Waals surface area contributed by atoms with Crippen molar-refractivity contribution in [2.24, 2.45) is 5.73 Å². The van der Waals surface area contributed by atoms with Gasteiger partial charge >= 0.3 is 5.97 Å². The molecular weight excluding hydrogens is 284 g/mol. The van der Waals surface area contributed by atoms with Gasteiger partial charge in [0.05, 0.1) is 18.8 Å². The second-order valence-electron chi connectivity index (χ2n) is 5.20. The smallest absolute Gasteiger partial charge is 0.335 e. The number of rotatable bonds is 6. The summed E-state index contributed by atoms with van der Waals surface area (Å²) in [5.41, 5.74) is 6.60. The topological polar surface area (TPSA) is 103 Å². The van der Waals surface area contributed by atoms with E-state index in [1.165, 1.54) is 12.1 Å². The summed E-state index contributed by atoms with van der Waals surface area (Å²) in [6.07, 6.45) is 0.875. The number of aromatic carboxylic acids is 1. The monoisotopic (exact) mass is 306 g/mol. The van der Waals surface area contributed by atoms with E-state index in [1.807, 2.05) is 0 Å². The Morgan fingerprint density at radius 3 is 2.50 bits per heavy atom. The highest BCUT2D eigenvalue weighted by atomic mass is 16.5. The molecule has 0 bridgehead atoms. The average Bonchev–Trinajstić information content (AvgIpc) is 2.52. The van der Waals surface area contributed by atoms with Gasteiger partial charge in [-0.2, -0.15) is 0 Å². The van der Waals surface area contributed by atoms with Crippen LogP contribution in [0.3, 0.4) is 0 Å². The first kappa shape index (κ1) is 16.3. The molecule has 1 aromatic rings. The normalized spacial score (nSPS) is 15.5. The Labute approximate surface area is 129 Å². The number of hydrogen-bond acceptors (Lipinski definition) is 4. The number of nitrogens with two attached hydrogens (primary N) is 1. The van der Waals surface area contributed by atoms with Crippen LogP contribution in [0, 0.1) is 5.41 Å². The van der Waals surface area contributed by atoms with Crippen molar-refractivity contribution in [2.45, 2.75) is 6.42 Å². The van der Waals surface area contributed by atoms with Crippen LogP contribution in [0.15, 0.2) is 24.3 Å². The second kappa shape index (κ2) is 7.77.